The molecule has 1 aliphatic rings. The summed E-state index contributed by atoms with van der Waals surface area (Å²) in [6, 6.07) is 15.9. The molecule has 2 heterocycles. The van der Waals surface area contributed by atoms with E-state index in [4.69, 9.17) is 0 Å². The van der Waals surface area contributed by atoms with Gasteiger partial charge in [0.05, 0.1) is 18.5 Å². The average Bonchev–Trinajstić information content (AvgIpc) is 3.55. The number of aliphatic hydroxyl groups is 1. The first-order valence-electron chi connectivity index (χ1n) is 12.6. The van der Waals surface area contributed by atoms with Gasteiger partial charge < -0.3 is 25.7 Å². The minimum absolute atomic E-state index is 0.0217. The normalized spacial score (nSPS) is 17.8. The van der Waals surface area contributed by atoms with Crippen LogP contribution in [-0.2, 0) is 22.6 Å². The number of phenolic OH excluding ortho intramolecular Hbond substituents is 1. The Hall–Kier alpha value is -3.34. The zero-order valence-corrected chi connectivity index (χ0v) is 23.7. The van der Waals surface area contributed by atoms with Crippen LogP contribution >= 0.6 is 23.1 Å². The number of thioether (sulfide) groups is 1. The van der Waals surface area contributed by atoms with Crippen LogP contribution in [0.3, 0.4) is 0 Å². The van der Waals surface area contributed by atoms with Crippen LogP contribution in [-0.4, -0.2) is 61.6 Å². The summed E-state index contributed by atoms with van der Waals surface area (Å²) in [7, 11) is 0. The fraction of sp³-hybridized carbons (Fsp3) is 0.345. The molecule has 0 radical (unpaired) electrons. The van der Waals surface area contributed by atoms with Gasteiger partial charge in [0.25, 0.3) is 11.8 Å². The van der Waals surface area contributed by atoms with Gasteiger partial charge in [-0.3, -0.25) is 14.4 Å². The van der Waals surface area contributed by atoms with Crippen molar-refractivity contribution < 1.29 is 24.6 Å². The lowest BCUT2D eigenvalue weighted by Crippen LogP contribution is -2.58. The highest BCUT2D eigenvalue weighted by Gasteiger charge is 2.49. The zero-order chi connectivity index (χ0) is 28.2. The van der Waals surface area contributed by atoms with Crippen LogP contribution in [0.25, 0.3) is 0 Å². The molecule has 0 aliphatic carbocycles. The molecule has 3 aromatic rings. The summed E-state index contributed by atoms with van der Waals surface area (Å²) in [5.41, 5.74) is 1.47. The van der Waals surface area contributed by atoms with E-state index in [9.17, 15) is 24.6 Å². The first-order chi connectivity index (χ1) is 18.6. The van der Waals surface area contributed by atoms with Crippen LogP contribution < -0.4 is 10.6 Å². The van der Waals surface area contributed by atoms with Crippen molar-refractivity contribution in [1.82, 2.24) is 15.5 Å². The highest BCUT2D eigenvalue weighted by atomic mass is 32.2. The molecule has 3 amide bonds. The van der Waals surface area contributed by atoms with Crippen LogP contribution in [0.1, 0.15) is 40.2 Å². The second kappa shape index (κ2) is 12.2. The molecular formula is C29H33N3O5S2. The first-order valence-corrected chi connectivity index (χ1v) is 14.5. The van der Waals surface area contributed by atoms with E-state index in [2.05, 4.69) is 10.6 Å². The summed E-state index contributed by atoms with van der Waals surface area (Å²) in [6.45, 7) is 5.79. The van der Waals surface area contributed by atoms with Crippen molar-refractivity contribution in [2.24, 2.45) is 0 Å². The molecule has 4 N–H and O–H groups in total. The van der Waals surface area contributed by atoms with Crippen LogP contribution in [0.4, 0.5) is 0 Å². The van der Waals surface area contributed by atoms with Gasteiger partial charge in [0.1, 0.15) is 11.8 Å². The minimum atomic E-state index is -1.60. The van der Waals surface area contributed by atoms with Crippen molar-refractivity contribution in [2.75, 3.05) is 5.88 Å². The van der Waals surface area contributed by atoms with E-state index in [1.54, 1.807) is 19.1 Å². The Bertz CT molecular complexity index is 1310. The number of amides is 3. The Kier molecular flexibility index (Phi) is 8.99. The van der Waals surface area contributed by atoms with Crippen molar-refractivity contribution in [3.63, 3.8) is 0 Å². The Morgan fingerprint density at radius 2 is 1.82 bits per heavy atom. The van der Waals surface area contributed by atoms with Crippen molar-refractivity contribution in [3.05, 3.63) is 87.6 Å². The number of aliphatic hydroxyl groups excluding tert-OH is 1. The zero-order valence-electron chi connectivity index (χ0n) is 22.1. The quantitative estimate of drug-likeness (QED) is 0.315. The summed E-state index contributed by atoms with van der Waals surface area (Å²) in [4.78, 5) is 42.7. The van der Waals surface area contributed by atoms with Gasteiger partial charge in [0.2, 0.25) is 5.91 Å². The van der Waals surface area contributed by atoms with E-state index in [0.717, 1.165) is 10.4 Å². The Morgan fingerprint density at radius 3 is 2.51 bits per heavy atom. The average molecular weight is 568 g/mol. The summed E-state index contributed by atoms with van der Waals surface area (Å²) in [6.07, 6.45) is -1.41. The number of carbonyl (C=O) groups excluding carboxylic acids is 3. The minimum Gasteiger partial charge on any atom is -0.508 e. The van der Waals surface area contributed by atoms with Crippen LogP contribution in [0.15, 0.2) is 66.0 Å². The largest absolute Gasteiger partial charge is 0.508 e. The third kappa shape index (κ3) is 6.63. The van der Waals surface area contributed by atoms with E-state index in [1.807, 2.05) is 61.7 Å². The third-order valence-corrected chi connectivity index (χ3v) is 9.14. The van der Waals surface area contributed by atoms with E-state index in [0.29, 0.717) is 12.1 Å². The molecule has 1 fully saturated rings. The van der Waals surface area contributed by atoms with E-state index in [-0.39, 0.29) is 29.5 Å². The maximum absolute atomic E-state index is 13.7. The lowest BCUT2D eigenvalue weighted by atomic mass is 9.96. The fourth-order valence-corrected chi connectivity index (χ4v) is 6.45. The third-order valence-electron chi connectivity index (χ3n) is 6.89. The second-order valence-electron chi connectivity index (χ2n) is 10.0. The Balaban J connectivity index is 1.56. The molecule has 1 saturated heterocycles. The molecule has 206 valence electrons. The lowest BCUT2D eigenvalue weighted by molar-refractivity contribution is -0.147. The number of benzene rings is 2. The molecule has 0 bridgehead atoms. The van der Waals surface area contributed by atoms with E-state index >= 15 is 0 Å². The first kappa shape index (κ1) is 28.7. The van der Waals surface area contributed by atoms with Gasteiger partial charge in [-0.2, -0.15) is 0 Å². The molecule has 1 aromatic heterocycles. The van der Waals surface area contributed by atoms with Crippen molar-refractivity contribution in [3.8, 4) is 5.75 Å². The van der Waals surface area contributed by atoms with E-state index in [1.165, 1.54) is 34.1 Å². The number of hydrogen-bond acceptors (Lipinski definition) is 7. The van der Waals surface area contributed by atoms with Crippen molar-refractivity contribution in [2.45, 2.75) is 56.7 Å². The Labute approximate surface area is 236 Å². The summed E-state index contributed by atoms with van der Waals surface area (Å²) < 4.78 is -0.578. The summed E-state index contributed by atoms with van der Waals surface area (Å²) >= 11 is 3.00. The standard InChI is InChI=1S/C29H33N3O5S2/c1-18-21(12-7-13-23(18)33)26(35)31-22(15-19-9-5-4-6-10-19)24(34)28(37)32-17-39-29(2,3)25(32)27(36)30-16-20-11-8-14-38-20/h4-14,22,24-25,33-34H,15-17H2,1-3H3,(H,30,36)(H,31,35). The van der Waals surface area contributed by atoms with Crippen molar-refractivity contribution in [1.29, 1.82) is 0 Å². The number of aromatic hydroxyl groups is 1. The number of phenols is 1. The van der Waals surface area contributed by atoms with Gasteiger partial charge in [-0.25, -0.2) is 0 Å². The molecule has 0 spiro atoms. The van der Waals surface area contributed by atoms with Gasteiger partial charge in [0, 0.05) is 20.8 Å². The molecule has 3 unspecified atom stereocenters. The highest BCUT2D eigenvalue weighted by Crippen LogP contribution is 2.40. The maximum Gasteiger partial charge on any atom is 0.254 e. The van der Waals surface area contributed by atoms with Gasteiger partial charge in [0.15, 0.2) is 6.10 Å². The number of rotatable bonds is 9. The van der Waals surface area contributed by atoms with Crippen LogP contribution in [0, 0.1) is 6.92 Å². The van der Waals surface area contributed by atoms with Crippen molar-refractivity contribution >= 4 is 40.8 Å². The highest BCUT2D eigenvalue weighted by molar-refractivity contribution is 8.00. The molecular weight excluding hydrogens is 534 g/mol. The van der Waals surface area contributed by atoms with Gasteiger partial charge in [-0.15, -0.1) is 23.1 Å². The fourth-order valence-electron chi connectivity index (χ4n) is 4.66. The lowest BCUT2D eigenvalue weighted by Gasteiger charge is -2.33. The molecule has 3 atom stereocenters. The van der Waals surface area contributed by atoms with Crippen LogP contribution in [0.2, 0.25) is 0 Å². The summed E-state index contributed by atoms with van der Waals surface area (Å²) in [5.74, 6) is -1.22. The molecule has 2 aromatic carbocycles. The molecule has 10 heteroatoms. The number of nitrogens with zero attached hydrogens (tertiary/aromatic N) is 1. The number of thiophene rings is 1. The predicted molar refractivity (Wildman–Crippen MR) is 154 cm³/mol. The van der Waals surface area contributed by atoms with Gasteiger partial charge >= 0.3 is 0 Å². The second-order valence-corrected chi connectivity index (χ2v) is 12.7. The predicted octanol–water partition coefficient (Wildman–Crippen LogP) is 3.46. The molecule has 8 nitrogen and oxygen atoms in total. The molecule has 39 heavy (non-hydrogen) atoms. The van der Waals surface area contributed by atoms with E-state index < -0.39 is 34.7 Å². The molecule has 0 saturated carbocycles. The SMILES string of the molecule is Cc1c(O)cccc1C(=O)NC(Cc1ccccc1)C(O)C(=O)N1CSC(C)(C)C1C(=O)NCc1cccs1. The monoisotopic (exact) mass is 567 g/mol. The number of carbonyl (C=O) groups is 3. The van der Waals surface area contributed by atoms with Gasteiger partial charge in [-0.1, -0.05) is 42.5 Å². The van der Waals surface area contributed by atoms with Crippen LogP contribution in [0.5, 0.6) is 5.75 Å². The maximum atomic E-state index is 13.7. The van der Waals surface area contributed by atoms with Gasteiger partial charge in [-0.05, 0) is 56.3 Å². The molecule has 1 aliphatic heterocycles. The topological polar surface area (TPSA) is 119 Å². The molecule has 4 rings (SSSR count). The summed E-state index contributed by atoms with van der Waals surface area (Å²) in [5, 5.41) is 29.1. The smallest absolute Gasteiger partial charge is 0.254 e. The Morgan fingerprint density at radius 1 is 1.08 bits per heavy atom. The number of hydrogen-bond donors (Lipinski definition) is 4. The number of nitrogens with one attached hydrogen (secondary N) is 2.